The van der Waals surface area contributed by atoms with Gasteiger partial charge in [-0.3, -0.25) is 9.58 Å². The quantitative estimate of drug-likeness (QED) is 0.929. The number of nitrogens with zero attached hydrogens (tertiary/aromatic N) is 3. The van der Waals surface area contributed by atoms with E-state index in [-0.39, 0.29) is 11.5 Å². The molecule has 0 aromatic carbocycles. The number of hydrogen-bond acceptors (Lipinski definition) is 4. The molecule has 5 heteroatoms. The van der Waals surface area contributed by atoms with Gasteiger partial charge in [0.25, 0.3) is 0 Å². The summed E-state index contributed by atoms with van der Waals surface area (Å²) in [5, 5.41) is 15.3. The van der Waals surface area contributed by atoms with Crippen molar-refractivity contribution in [2.45, 2.75) is 70.7 Å². The number of rotatable bonds is 3. The smallest absolute Gasteiger partial charge is 0.0706 e. The third kappa shape index (κ3) is 3.62. The summed E-state index contributed by atoms with van der Waals surface area (Å²) in [6.07, 6.45) is 7.23. The molecule has 1 aromatic rings. The van der Waals surface area contributed by atoms with Gasteiger partial charge in [-0.1, -0.05) is 0 Å². The van der Waals surface area contributed by atoms with Crippen molar-refractivity contribution in [2.24, 2.45) is 5.92 Å². The lowest BCUT2D eigenvalue weighted by Crippen LogP contribution is -2.52. The minimum Gasteiger partial charge on any atom is -0.390 e. The highest BCUT2D eigenvalue weighted by Crippen LogP contribution is 2.36. The Bertz CT molecular complexity index is 533. The standard InChI is InChI=1S/C18H31N3O2/c1-17(2,3)21-12-14(10-19-21)11-20-8-5-6-16(20)15-13-23-9-7-18(15,4)22/h10,12,15-16,22H,5-9,11,13H2,1-4H3. The minimum atomic E-state index is -0.610. The number of likely N-dealkylation sites (tertiary alicyclic amines) is 1. The highest BCUT2D eigenvalue weighted by atomic mass is 16.5. The van der Waals surface area contributed by atoms with E-state index in [1.54, 1.807) is 0 Å². The first-order valence-electron chi connectivity index (χ1n) is 8.85. The van der Waals surface area contributed by atoms with Crippen molar-refractivity contribution >= 4 is 0 Å². The van der Waals surface area contributed by atoms with Crippen LogP contribution < -0.4 is 0 Å². The number of hydrogen-bond donors (Lipinski definition) is 1. The van der Waals surface area contributed by atoms with Gasteiger partial charge in [-0.15, -0.1) is 0 Å². The lowest BCUT2D eigenvalue weighted by atomic mass is 9.79. The molecular weight excluding hydrogens is 290 g/mol. The Hall–Kier alpha value is -0.910. The summed E-state index contributed by atoms with van der Waals surface area (Å²) in [6.45, 7) is 11.8. The van der Waals surface area contributed by atoms with E-state index in [9.17, 15) is 5.11 Å². The van der Waals surface area contributed by atoms with Crippen LogP contribution in [0.15, 0.2) is 12.4 Å². The maximum Gasteiger partial charge on any atom is 0.0706 e. The summed E-state index contributed by atoms with van der Waals surface area (Å²) < 4.78 is 7.71. The lowest BCUT2D eigenvalue weighted by Gasteiger charge is -2.43. The van der Waals surface area contributed by atoms with Gasteiger partial charge in [0.2, 0.25) is 0 Å². The van der Waals surface area contributed by atoms with Gasteiger partial charge >= 0.3 is 0 Å². The zero-order chi connectivity index (χ0) is 16.7. The Kier molecular flexibility index (Phi) is 4.55. The molecule has 5 nitrogen and oxygen atoms in total. The van der Waals surface area contributed by atoms with E-state index in [1.807, 2.05) is 17.8 Å². The summed E-state index contributed by atoms with van der Waals surface area (Å²) in [7, 11) is 0. The zero-order valence-electron chi connectivity index (χ0n) is 15.0. The van der Waals surface area contributed by atoms with Crippen LogP contribution in [0.1, 0.15) is 52.5 Å². The van der Waals surface area contributed by atoms with Crippen molar-refractivity contribution in [2.75, 3.05) is 19.8 Å². The molecule has 3 unspecified atom stereocenters. The van der Waals surface area contributed by atoms with E-state index in [1.165, 1.54) is 12.0 Å². The van der Waals surface area contributed by atoms with E-state index in [0.29, 0.717) is 19.3 Å². The van der Waals surface area contributed by atoms with Gasteiger partial charge in [0, 0.05) is 36.9 Å². The molecule has 0 amide bonds. The van der Waals surface area contributed by atoms with Crippen LogP contribution >= 0.6 is 0 Å². The van der Waals surface area contributed by atoms with Gasteiger partial charge in [0.05, 0.1) is 23.9 Å². The molecule has 2 fully saturated rings. The first-order valence-corrected chi connectivity index (χ1v) is 8.85. The van der Waals surface area contributed by atoms with Crippen LogP contribution in [-0.2, 0) is 16.8 Å². The lowest BCUT2D eigenvalue weighted by molar-refractivity contribution is -0.123. The second kappa shape index (κ2) is 6.19. The average molecular weight is 321 g/mol. The second-order valence-electron chi connectivity index (χ2n) is 8.43. The van der Waals surface area contributed by atoms with Crippen molar-refractivity contribution in [1.82, 2.24) is 14.7 Å². The Morgan fingerprint density at radius 3 is 2.87 bits per heavy atom. The van der Waals surface area contributed by atoms with Crippen LogP contribution in [0.5, 0.6) is 0 Å². The summed E-state index contributed by atoms with van der Waals surface area (Å²) in [6, 6.07) is 0.406. The van der Waals surface area contributed by atoms with Crippen molar-refractivity contribution in [3.05, 3.63) is 18.0 Å². The average Bonchev–Trinajstić information content (AvgIpc) is 3.08. The normalized spacial score (nSPS) is 33.3. The predicted molar refractivity (Wildman–Crippen MR) is 90.2 cm³/mol. The highest BCUT2D eigenvalue weighted by molar-refractivity contribution is 5.07. The first-order chi connectivity index (χ1) is 10.8. The van der Waals surface area contributed by atoms with E-state index >= 15 is 0 Å². The molecule has 23 heavy (non-hydrogen) atoms. The minimum absolute atomic E-state index is 0.0174. The van der Waals surface area contributed by atoms with Crippen LogP contribution in [-0.4, -0.2) is 51.2 Å². The van der Waals surface area contributed by atoms with Crippen molar-refractivity contribution < 1.29 is 9.84 Å². The van der Waals surface area contributed by atoms with Crippen LogP contribution in [0.4, 0.5) is 0 Å². The molecule has 3 atom stereocenters. The van der Waals surface area contributed by atoms with Gasteiger partial charge in [-0.05, 0) is 53.5 Å². The van der Waals surface area contributed by atoms with E-state index < -0.39 is 5.60 Å². The fraction of sp³-hybridized carbons (Fsp3) is 0.833. The molecule has 0 aliphatic carbocycles. The number of aliphatic hydroxyl groups is 1. The fourth-order valence-corrected chi connectivity index (χ4v) is 3.93. The van der Waals surface area contributed by atoms with Crippen LogP contribution in [0.25, 0.3) is 0 Å². The van der Waals surface area contributed by atoms with Crippen molar-refractivity contribution in [1.29, 1.82) is 0 Å². The maximum absolute atomic E-state index is 10.8. The number of aromatic nitrogens is 2. The molecule has 3 heterocycles. The van der Waals surface area contributed by atoms with E-state index in [4.69, 9.17) is 4.74 Å². The zero-order valence-corrected chi connectivity index (χ0v) is 15.0. The largest absolute Gasteiger partial charge is 0.390 e. The Balaban J connectivity index is 1.71. The SMILES string of the molecule is CC1(O)CCOCC1C1CCCN1Cc1cnn(C(C)(C)C)c1. The molecule has 2 aliphatic heterocycles. The second-order valence-corrected chi connectivity index (χ2v) is 8.43. The maximum atomic E-state index is 10.8. The first kappa shape index (κ1) is 16.9. The van der Waals surface area contributed by atoms with Crippen LogP contribution in [0.3, 0.4) is 0 Å². The summed E-state index contributed by atoms with van der Waals surface area (Å²) in [4.78, 5) is 2.51. The number of ether oxygens (including phenoxy) is 1. The Morgan fingerprint density at radius 1 is 1.43 bits per heavy atom. The van der Waals surface area contributed by atoms with Crippen molar-refractivity contribution in [3.63, 3.8) is 0 Å². The van der Waals surface area contributed by atoms with E-state index in [2.05, 4.69) is 37.0 Å². The fourth-order valence-electron chi connectivity index (χ4n) is 3.93. The topological polar surface area (TPSA) is 50.5 Å². The molecule has 1 aromatic heterocycles. The van der Waals surface area contributed by atoms with Gasteiger partial charge in [0.1, 0.15) is 0 Å². The molecule has 0 spiro atoms. The summed E-state index contributed by atoms with van der Waals surface area (Å²) in [5.74, 6) is 0.205. The summed E-state index contributed by atoms with van der Waals surface area (Å²) in [5.41, 5.74) is 0.660. The Morgan fingerprint density at radius 2 is 2.22 bits per heavy atom. The third-order valence-corrected chi connectivity index (χ3v) is 5.44. The third-order valence-electron chi connectivity index (χ3n) is 5.44. The molecule has 2 saturated heterocycles. The summed E-state index contributed by atoms with van der Waals surface area (Å²) >= 11 is 0. The van der Waals surface area contributed by atoms with Crippen LogP contribution in [0.2, 0.25) is 0 Å². The van der Waals surface area contributed by atoms with Gasteiger partial charge in [-0.25, -0.2) is 0 Å². The molecule has 0 bridgehead atoms. The predicted octanol–water partition coefficient (Wildman–Crippen LogP) is 2.39. The molecule has 0 saturated carbocycles. The van der Waals surface area contributed by atoms with Gasteiger partial charge in [0.15, 0.2) is 0 Å². The highest BCUT2D eigenvalue weighted by Gasteiger charge is 2.44. The molecule has 1 N–H and O–H groups in total. The molecular formula is C18H31N3O2. The molecule has 0 radical (unpaired) electrons. The van der Waals surface area contributed by atoms with Crippen molar-refractivity contribution in [3.8, 4) is 0 Å². The van der Waals surface area contributed by atoms with Gasteiger partial charge in [-0.2, -0.15) is 5.10 Å². The molecule has 2 aliphatic rings. The Labute approximate surface area is 139 Å². The van der Waals surface area contributed by atoms with Gasteiger partial charge < -0.3 is 9.84 Å². The molecule has 130 valence electrons. The van der Waals surface area contributed by atoms with E-state index in [0.717, 1.165) is 25.9 Å². The molecule has 3 rings (SSSR count). The monoisotopic (exact) mass is 321 g/mol. The van der Waals surface area contributed by atoms with Crippen LogP contribution in [0, 0.1) is 5.92 Å².